The molecule has 4 nitrogen and oxygen atoms in total. The third kappa shape index (κ3) is 5.34. The van der Waals surface area contributed by atoms with Gasteiger partial charge in [0.05, 0.1) is 0 Å². The summed E-state index contributed by atoms with van der Waals surface area (Å²) >= 11 is 0. The zero-order valence-electron chi connectivity index (χ0n) is 17.2. The number of benzene rings is 2. The van der Waals surface area contributed by atoms with Crippen LogP contribution in [0.5, 0.6) is 0 Å². The Hall–Kier alpha value is -2.36. The van der Waals surface area contributed by atoms with Gasteiger partial charge in [0, 0.05) is 18.4 Å². The Morgan fingerprint density at radius 2 is 1.64 bits per heavy atom. The average molecular weight is 381 g/mol. The van der Waals surface area contributed by atoms with Crippen LogP contribution in [0.1, 0.15) is 52.0 Å². The van der Waals surface area contributed by atoms with Crippen molar-refractivity contribution in [2.24, 2.45) is 11.8 Å². The topological polar surface area (TPSA) is 58.2 Å². The molecule has 1 aliphatic carbocycles. The molecule has 0 aromatic heterocycles. The van der Waals surface area contributed by atoms with Crippen LogP contribution in [0.15, 0.2) is 42.5 Å². The summed E-state index contributed by atoms with van der Waals surface area (Å²) in [7, 11) is 0. The zero-order valence-corrected chi connectivity index (χ0v) is 17.2. The fraction of sp³-hybridized carbons (Fsp3) is 0.500. The van der Waals surface area contributed by atoms with Crippen LogP contribution in [0.3, 0.4) is 0 Å². The summed E-state index contributed by atoms with van der Waals surface area (Å²) in [6, 6.07) is 13.9. The molecule has 1 aliphatic rings. The lowest BCUT2D eigenvalue weighted by molar-refractivity contribution is -0.132. The Kier molecular flexibility index (Phi) is 6.71. The maximum Gasteiger partial charge on any atom is 0.243 e. The average Bonchev–Trinajstić information content (AvgIpc) is 2.67. The van der Waals surface area contributed by atoms with Crippen LogP contribution < -0.4 is 10.6 Å². The van der Waals surface area contributed by atoms with Crippen LogP contribution in [-0.4, -0.2) is 23.9 Å². The maximum absolute atomic E-state index is 12.8. The number of amides is 2. The number of carbonyl (C=O) groups is 2. The Balaban J connectivity index is 1.73. The number of hydrogen-bond donors (Lipinski definition) is 2. The van der Waals surface area contributed by atoms with E-state index in [9.17, 15) is 9.59 Å². The van der Waals surface area contributed by atoms with Crippen molar-refractivity contribution in [2.75, 3.05) is 0 Å². The fourth-order valence-electron chi connectivity index (χ4n) is 4.01. The highest BCUT2D eigenvalue weighted by Crippen LogP contribution is 2.28. The minimum Gasteiger partial charge on any atom is -0.352 e. The van der Waals surface area contributed by atoms with Gasteiger partial charge >= 0.3 is 0 Å². The predicted octanol–water partition coefficient (Wildman–Crippen LogP) is 4.22. The molecule has 2 N–H and O–H groups in total. The molecule has 0 spiro atoms. The summed E-state index contributed by atoms with van der Waals surface area (Å²) in [6.45, 7) is 6.12. The van der Waals surface area contributed by atoms with Gasteiger partial charge in [0.2, 0.25) is 11.8 Å². The van der Waals surface area contributed by atoms with Crippen molar-refractivity contribution in [3.8, 4) is 0 Å². The largest absolute Gasteiger partial charge is 0.352 e. The summed E-state index contributed by atoms with van der Waals surface area (Å²) in [5, 5.41) is 8.34. The first-order valence-corrected chi connectivity index (χ1v) is 10.5. The highest BCUT2D eigenvalue weighted by Gasteiger charge is 2.28. The van der Waals surface area contributed by atoms with Gasteiger partial charge < -0.3 is 10.6 Å². The molecule has 2 aromatic rings. The van der Waals surface area contributed by atoms with E-state index in [0.29, 0.717) is 12.3 Å². The van der Waals surface area contributed by atoms with Gasteiger partial charge in [-0.3, -0.25) is 9.59 Å². The van der Waals surface area contributed by atoms with Crippen molar-refractivity contribution in [2.45, 2.75) is 65.0 Å². The summed E-state index contributed by atoms with van der Waals surface area (Å²) < 4.78 is 0. The fourth-order valence-corrected chi connectivity index (χ4v) is 4.01. The first kappa shape index (κ1) is 20.4. The van der Waals surface area contributed by atoms with E-state index < -0.39 is 6.04 Å². The van der Waals surface area contributed by atoms with E-state index in [1.165, 1.54) is 5.39 Å². The van der Waals surface area contributed by atoms with Crippen molar-refractivity contribution in [3.63, 3.8) is 0 Å². The van der Waals surface area contributed by atoms with E-state index in [1.807, 2.05) is 32.0 Å². The predicted molar refractivity (Wildman–Crippen MR) is 114 cm³/mol. The molecule has 1 unspecified atom stereocenters. The van der Waals surface area contributed by atoms with E-state index in [-0.39, 0.29) is 23.8 Å². The van der Waals surface area contributed by atoms with E-state index >= 15 is 0 Å². The molecular weight excluding hydrogens is 348 g/mol. The third-order valence-corrected chi connectivity index (χ3v) is 5.70. The molecule has 4 heteroatoms. The Morgan fingerprint density at radius 3 is 2.32 bits per heavy atom. The molecule has 1 saturated carbocycles. The summed E-state index contributed by atoms with van der Waals surface area (Å²) in [4.78, 5) is 25.6. The molecule has 0 saturated heterocycles. The molecule has 2 aromatic carbocycles. The van der Waals surface area contributed by atoms with E-state index in [4.69, 9.17) is 0 Å². The van der Waals surface area contributed by atoms with Crippen LogP contribution >= 0.6 is 0 Å². The van der Waals surface area contributed by atoms with Gasteiger partial charge in [0.15, 0.2) is 0 Å². The van der Waals surface area contributed by atoms with E-state index in [1.54, 1.807) is 0 Å². The van der Waals surface area contributed by atoms with Crippen LogP contribution in [0.2, 0.25) is 0 Å². The Labute approximate surface area is 168 Å². The molecule has 28 heavy (non-hydrogen) atoms. The summed E-state index contributed by atoms with van der Waals surface area (Å²) in [5.41, 5.74) is 1.06. The summed E-state index contributed by atoms with van der Waals surface area (Å²) in [6.07, 6.45) is 4.51. The maximum atomic E-state index is 12.8. The lowest BCUT2D eigenvalue weighted by Crippen LogP contribution is -2.51. The number of rotatable bonds is 6. The third-order valence-electron chi connectivity index (χ3n) is 5.70. The first-order valence-electron chi connectivity index (χ1n) is 10.5. The molecule has 3 rings (SSSR count). The van der Waals surface area contributed by atoms with Gasteiger partial charge in [0.1, 0.15) is 6.04 Å². The van der Waals surface area contributed by atoms with Crippen LogP contribution in [0, 0.1) is 11.8 Å². The van der Waals surface area contributed by atoms with Gasteiger partial charge in [-0.2, -0.15) is 0 Å². The molecule has 0 heterocycles. The first-order chi connectivity index (χ1) is 13.4. The van der Waals surface area contributed by atoms with E-state index in [2.05, 4.69) is 41.8 Å². The highest BCUT2D eigenvalue weighted by molar-refractivity contribution is 5.89. The van der Waals surface area contributed by atoms with Crippen molar-refractivity contribution in [1.29, 1.82) is 0 Å². The van der Waals surface area contributed by atoms with Crippen molar-refractivity contribution in [1.82, 2.24) is 10.6 Å². The minimum absolute atomic E-state index is 0.0246. The SMILES string of the molecule is CC1CCC(C(=O)NC(Cc2ccc3ccccc3c2)C(=O)NC(C)C)CC1. The normalized spacial score (nSPS) is 20.7. The van der Waals surface area contributed by atoms with E-state index in [0.717, 1.165) is 36.6 Å². The number of nitrogens with one attached hydrogen (secondary N) is 2. The quantitative estimate of drug-likeness (QED) is 0.788. The second kappa shape index (κ2) is 9.22. The zero-order chi connectivity index (χ0) is 20.1. The van der Waals surface area contributed by atoms with Crippen LogP contribution in [0.25, 0.3) is 10.8 Å². The van der Waals surface area contributed by atoms with Crippen molar-refractivity contribution in [3.05, 3.63) is 48.0 Å². The minimum atomic E-state index is -0.546. The molecule has 0 aliphatic heterocycles. The number of fused-ring (bicyclic) bond motifs is 1. The van der Waals surface area contributed by atoms with Gasteiger partial charge in [-0.25, -0.2) is 0 Å². The monoisotopic (exact) mass is 380 g/mol. The standard InChI is InChI=1S/C24H32N2O2/c1-16(2)25-24(28)22(26-23(27)20-11-8-17(3)9-12-20)15-18-10-13-19-6-4-5-7-21(19)14-18/h4-7,10,13-14,16-17,20,22H,8-9,11-12,15H2,1-3H3,(H,25,28)(H,26,27). The lowest BCUT2D eigenvalue weighted by Gasteiger charge is -2.27. The highest BCUT2D eigenvalue weighted by atomic mass is 16.2. The Morgan fingerprint density at radius 1 is 0.964 bits per heavy atom. The lowest BCUT2D eigenvalue weighted by atomic mass is 9.82. The van der Waals surface area contributed by atoms with Gasteiger partial charge in [0.25, 0.3) is 0 Å². The summed E-state index contributed by atoms with van der Waals surface area (Å²) in [5.74, 6) is 0.640. The van der Waals surface area contributed by atoms with Gasteiger partial charge in [-0.1, -0.05) is 49.4 Å². The molecule has 1 fully saturated rings. The van der Waals surface area contributed by atoms with Gasteiger partial charge in [-0.15, -0.1) is 0 Å². The molecule has 150 valence electrons. The number of hydrogen-bond acceptors (Lipinski definition) is 2. The molecule has 0 bridgehead atoms. The Bertz CT molecular complexity index is 822. The number of carbonyl (C=O) groups excluding carboxylic acids is 2. The second-order valence-electron chi connectivity index (χ2n) is 8.57. The van der Waals surface area contributed by atoms with Crippen LogP contribution in [-0.2, 0) is 16.0 Å². The van der Waals surface area contributed by atoms with Crippen molar-refractivity contribution < 1.29 is 9.59 Å². The van der Waals surface area contributed by atoms with Crippen LogP contribution in [0.4, 0.5) is 0 Å². The molecule has 2 amide bonds. The molecule has 0 radical (unpaired) electrons. The molecular formula is C24H32N2O2. The second-order valence-corrected chi connectivity index (χ2v) is 8.57. The molecule has 1 atom stereocenters. The smallest absolute Gasteiger partial charge is 0.243 e. The van der Waals surface area contributed by atoms with Gasteiger partial charge in [-0.05, 0) is 61.8 Å². The van der Waals surface area contributed by atoms with Crippen molar-refractivity contribution >= 4 is 22.6 Å².